The molecule has 2 rings (SSSR count). The first-order chi connectivity index (χ1) is 10.4. The van der Waals surface area contributed by atoms with Crippen LogP contribution >= 0.6 is 0 Å². The second kappa shape index (κ2) is 9.55. The number of nitrogens with one attached hydrogen (secondary N) is 1. The van der Waals surface area contributed by atoms with Gasteiger partial charge in [-0.25, -0.2) is 0 Å². The van der Waals surface area contributed by atoms with Gasteiger partial charge in [-0.3, -0.25) is 0 Å². The van der Waals surface area contributed by atoms with Gasteiger partial charge in [0.25, 0.3) is 0 Å². The maximum atomic E-state index is 5.56. The van der Waals surface area contributed by atoms with Crippen LogP contribution in [0.1, 0.15) is 12.0 Å². The van der Waals surface area contributed by atoms with Gasteiger partial charge in [-0.1, -0.05) is 24.8 Å². The molecule has 0 radical (unpaired) electrons. The Morgan fingerprint density at radius 2 is 2.19 bits per heavy atom. The lowest BCUT2D eigenvalue weighted by Crippen LogP contribution is -3.14. The smallest absolute Gasteiger partial charge is 0.120 e. The molecule has 1 aliphatic rings. The van der Waals surface area contributed by atoms with E-state index in [-0.39, 0.29) is 0 Å². The molecule has 21 heavy (non-hydrogen) atoms. The lowest BCUT2D eigenvalue weighted by atomic mass is 10.2. The number of hydrogen-bond acceptors (Lipinski definition) is 2. The van der Waals surface area contributed by atoms with Crippen molar-refractivity contribution < 1.29 is 19.7 Å². The van der Waals surface area contributed by atoms with E-state index in [1.54, 1.807) is 11.0 Å². The van der Waals surface area contributed by atoms with Crippen LogP contribution < -0.4 is 15.0 Å². The molecule has 1 heterocycles. The van der Waals surface area contributed by atoms with Crippen LogP contribution in [0.2, 0.25) is 0 Å². The molecule has 0 aromatic heterocycles. The molecule has 116 valence electrons. The fourth-order valence-corrected chi connectivity index (χ4v) is 2.59. The fourth-order valence-electron chi connectivity index (χ4n) is 2.59. The van der Waals surface area contributed by atoms with Crippen molar-refractivity contribution in [2.45, 2.75) is 13.0 Å². The Bertz CT molecular complexity index is 417. The van der Waals surface area contributed by atoms with Crippen molar-refractivity contribution >= 4 is 0 Å². The average molecular weight is 292 g/mol. The van der Waals surface area contributed by atoms with Gasteiger partial charge in [0, 0.05) is 12.0 Å². The topological polar surface area (TPSA) is 39.5 Å². The third-order valence-corrected chi connectivity index (χ3v) is 3.78. The summed E-state index contributed by atoms with van der Waals surface area (Å²) in [5, 5.41) is 2.38. The van der Waals surface area contributed by atoms with E-state index in [0.29, 0.717) is 6.61 Å². The van der Waals surface area contributed by atoms with Crippen LogP contribution in [0.3, 0.4) is 0 Å². The highest BCUT2D eigenvalue weighted by Crippen LogP contribution is 2.12. The first kappa shape index (κ1) is 16.0. The minimum absolute atomic E-state index is 0.565. The third-order valence-electron chi connectivity index (χ3n) is 3.78. The van der Waals surface area contributed by atoms with Gasteiger partial charge in [0.05, 0.1) is 26.3 Å². The van der Waals surface area contributed by atoms with E-state index < -0.39 is 0 Å². The number of benzene rings is 1. The predicted octanol–water partition coefficient (Wildman–Crippen LogP) is -0.380. The molecule has 1 aromatic carbocycles. The quantitative estimate of drug-likeness (QED) is 0.481. The van der Waals surface area contributed by atoms with Crippen LogP contribution in [0.4, 0.5) is 0 Å². The monoisotopic (exact) mass is 292 g/mol. The van der Waals surface area contributed by atoms with Gasteiger partial charge in [0.2, 0.25) is 0 Å². The van der Waals surface area contributed by atoms with E-state index in [1.807, 2.05) is 6.07 Å². The first-order valence-corrected chi connectivity index (χ1v) is 7.94. The van der Waals surface area contributed by atoms with Gasteiger partial charge < -0.3 is 19.7 Å². The lowest BCUT2D eigenvalue weighted by Gasteiger charge is -2.23. The SMILES string of the molecule is C=CCOc1cccc(C[NH2+]CCC[NH+]2CCOCC2)c1. The van der Waals surface area contributed by atoms with E-state index in [2.05, 4.69) is 30.1 Å². The second-order valence-electron chi connectivity index (χ2n) is 5.49. The van der Waals surface area contributed by atoms with Gasteiger partial charge in [-0.15, -0.1) is 0 Å². The molecule has 0 saturated carbocycles. The molecule has 0 amide bonds. The van der Waals surface area contributed by atoms with Crippen LogP contribution in [0.25, 0.3) is 0 Å². The van der Waals surface area contributed by atoms with E-state index >= 15 is 0 Å². The standard InChI is InChI=1S/C17H26N2O2/c1-2-11-21-17-6-3-5-16(14-17)15-18-7-4-8-19-9-12-20-13-10-19/h2-3,5-6,14,18H,1,4,7-13,15H2/p+2. The third kappa shape index (κ3) is 6.29. The van der Waals surface area contributed by atoms with Crippen molar-refractivity contribution in [3.8, 4) is 5.75 Å². The number of quaternary nitrogens is 2. The van der Waals surface area contributed by atoms with Crippen LogP contribution in [-0.2, 0) is 11.3 Å². The molecule has 1 fully saturated rings. The van der Waals surface area contributed by atoms with Crippen LogP contribution in [0.5, 0.6) is 5.75 Å². The summed E-state index contributed by atoms with van der Waals surface area (Å²) in [4.78, 5) is 1.69. The van der Waals surface area contributed by atoms with Gasteiger partial charge in [-0.05, 0) is 12.1 Å². The molecule has 0 bridgehead atoms. The Kier molecular flexibility index (Phi) is 7.29. The Labute approximate surface area is 127 Å². The number of nitrogens with two attached hydrogens (primary N) is 1. The first-order valence-electron chi connectivity index (χ1n) is 7.94. The molecule has 0 unspecified atom stereocenters. The van der Waals surface area contributed by atoms with E-state index in [4.69, 9.17) is 9.47 Å². The average Bonchev–Trinajstić information content (AvgIpc) is 2.54. The van der Waals surface area contributed by atoms with Crippen molar-refractivity contribution in [2.24, 2.45) is 0 Å². The van der Waals surface area contributed by atoms with Gasteiger partial charge in [0.1, 0.15) is 32.0 Å². The normalized spacial score (nSPS) is 15.8. The molecule has 4 nitrogen and oxygen atoms in total. The maximum absolute atomic E-state index is 5.56. The summed E-state index contributed by atoms with van der Waals surface area (Å²) in [5.74, 6) is 0.929. The molecule has 3 N–H and O–H groups in total. The Balaban J connectivity index is 1.60. The zero-order chi connectivity index (χ0) is 14.8. The van der Waals surface area contributed by atoms with Crippen molar-refractivity contribution in [2.75, 3.05) is 46.0 Å². The van der Waals surface area contributed by atoms with Crippen LogP contribution in [-0.4, -0.2) is 46.0 Å². The highest BCUT2D eigenvalue weighted by molar-refractivity contribution is 5.28. The fraction of sp³-hybridized carbons (Fsp3) is 0.529. The minimum Gasteiger partial charge on any atom is -0.490 e. The molecule has 0 spiro atoms. The molecule has 4 heteroatoms. The Hall–Kier alpha value is -1.36. The van der Waals surface area contributed by atoms with E-state index in [9.17, 15) is 0 Å². The maximum Gasteiger partial charge on any atom is 0.120 e. The highest BCUT2D eigenvalue weighted by Gasteiger charge is 2.12. The van der Waals surface area contributed by atoms with E-state index in [1.165, 1.54) is 38.2 Å². The van der Waals surface area contributed by atoms with Gasteiger partial charge in [0.15, 0.2) is 0 Å². The van der Waals surface area contributed by atoms with Crippen LogP contribution in [0.15, 0.2) is 36.9 Å². The summed E-state index contributed by atoms with van der Waals surface area (Å²) in [6.07, 6.45) is 3.04. The van der Waals surface area contributed by atoms with Crippen molar-refractivity contribution in [1.82, 2.24) is 0 Å². The second-order valence-corrected chi connectivity index (χ2v) is 5.49. The molecular formula is C17H28N2O2+2. The summed E-state index contributed by atoms with van der Waals surface area (Å²) in [6, 6.07) is 8.33. The molecule has 1 aliphatic heterocycles. The largest absolute Gasteiger partial charge is 0.490 e. The van der Waals surface area contributed by atoms with Crippen molar-refractivity contribution in [3.05, 3.63) is 42.5 Å². The van der Waals surface area contributed by atoms with E-state index in [0.717, 1.165) is 25.5 Å². The molecule has 0 atom stereocenters. The zero-order valence-electron chi connectivity index (χ0n) is 12.9. The highest BCUT2D eigenvalue weighted by atomic mass is 16.5. The summed E-state index contributed by atoms with van der Waals surface area (Å²) >= 11 is 0. The zero-order valence-corrected chi connectivity index (χ0v) is 12.9. The summed E-state index contributed by atoms with van der Waals surface area (Å²) < 4.78 is 10.9. The lowest BCUT2D eigenvalue weighted by molar-refractivity contribution is -0.909. The Morgan fingerprint density at radius 1 is 1.33 bits per heavy atom. The number of rotatable bonds is 9. The van der Waals surface area contributed by atoms with Gasteiger partial charge >= 0.3 is 0 Å². The number of hydrogen-bond donors (Lipinski definition) is 2. The number of ether oxygens (including phenoxy) is 2. The summed E-state index contributed by atoms with van der Waals surface area (Å²) in [7, 11) is 0. The minimum atomic E-state index is 0.565. The van der Waals surface area contributed by atoms with Crippen LogP contribution in [0, 0.1) is 0 Å². The summed E-state index contributed by atoms with van der Waals surface area (Å²) in [5.41, 5.74) is 1.32. The van der Waals surface area contributed by atoms with Crippen molar-refractivity contribution in [1.29, 1.82) is 0 Å². The predicted molar refractivity (Wildman–Crippen MR) is 83.6 cm³/mol. The van der Waals surface area contributed by atoms with Gasteiger partial charge in [-0.2, -0.15) is 0 Å². The molecule has 1 aromatic rings. The Morgan fingerprint density at radius 3 is 3.00 bits per heavy atom. The molecule has 1 saturated heterocycles. The van der Waals surface area contributed by atoms with Crippen molar-refractivity contribution in [3.63, 3.8) is 0 Å². The summed E-state index contributed by atoms with van der Waals surface area (Å²) in [6.45, 7) is 11.9. The number of morpholine rings is 1. The molecule has 0 aliphatic carbocycles. The molecular weight excluding hydrogens is 264 g/mol.